The molecule has 4 nitrogen and oxygen atoms in total. The van der Waals surface area contributed by atoms with Crippen LogP contribution in [-0.2, 0) is 6.54 Å². The van der Waals surface area contributed by atoms with E-state index in [0.29, 0.717) is 17.7 Å². The zero-order valence-electron chi connectivity index (χ0n) is 12.2. The maximum atomic E-state index is 12.0. The van der Waals surface area contributed by atoms with E-state index in [2.05, 4.69) is 10.3 Å². The molecule has 0 radical (unpaired) electrons. The van der Waals surface area contributed by atoms with E-state index in [1.165, 1.54) is 0 Å². The molecular formula is C18H16N2O2. The van der Waals surface area contributed by atoms with Crippen molar-refractivity contribution >= 4 is 16.8 Å². The molecule has 0 atom stereocenters. The van der Waals surface area contributed by atoms with E-state index in [1.54, 1.807) is 19.1 Å². The summed E-state index contributed by atoms with van der Waals surface area (Å²) in [6, 6.07) is 16.7. The first-order valence-corrected chi connectivity index (χ1v) is 7.09. The van der Waals surface area contributed by atoms with Gasteiger partial charge in [-0.1, -0.05) is 24.3 Å². The van der Waals surface area contributed by atoms with E-state index in [9.17, 15) is 9.59 Å². The highest BCUT2D eigenvalue weighted by molar-refractivity contribution is 5.94. The second-order valence-corrected chi connectivity index (χ2v) is 5.25. The first kappa shape index (κ1) is 14.1. The highest BCUT2D eigenvalue weighted by Crippen LogP contribution is 2.13. The average molecular weight is 292 g/mol. The summed E-state index contributed by atoms with van der Waals surface area (Å²) in [7, 11) is 0. The average Bonchev–Trinajstić information content (AvgIpc) is 2.54. The third-order valence-electron chi connectivity index (χ3n) is 3.58. The Morgan fingerprint density at radius 3 is 2.64 bits per heavy atom. The smallest absolute Gasteiger partial charge is 0.251 e. The predicted octanol–water partition coefficient (Wildman–Crippen LogP) is 2.77. The number of pyridine rings is 1. The molecule has 0 unspecified atom stereocenters. The lowest BCUT2D eigenvalue weighted by atomic mass is 10.1. The molecule has 0 aliphatic rings. The Bertz CT molecular complexity index is 882. The minimum absolute atomic E-state index is 0.0716. The number of aromatic nitrogens is 1. The summed E-state index contributed by atoms with van der Waals surface area (Å²) in [5, 5.41) is 3.86. The highest BCUT2D eigenvalue weighted by Gasteiger charge is 2.05. The Balaban J connectivity index is 1.78. The van der Waals surface area contributed by atoms with Gasteiger partial charge in [-0.25, -0.2) is 0 Å². The molecule has 2 N–H and O–H groups in total. The molecule has 0 aliphatic carbocycles. The fourth-order valence-electron chi connectivity index (χ4n) is 2.35. The quantitative estimate of drug-likeness (QED) is 0.779. The van der Waals surface area contributed by atoms with Gasteiger partial charge in [0.1, 0.15) is 0 Å². The maximum absolute atomic E-state index is 12.0. The van der Waals surface area contributed by atoms with Crippen molar-refractivity contribution in [3.8, 4) is 0 Å². The van der Waals surface area contributed by atoms with E-state index >= 15 is 0 Å². The van der Waals surface area contributed by atoms with Crippen LogP contribution in [0.25, 0.3) is 10.9 Å². The lowest BCUT2D eigenvalue weighted by Gasteiger charge is -2.07. The molecule has 0 fully saturated rings. The number of aryl methyl sites for hydroxylation is 1. The molecular weight excluding hydrogens is 276 g/mol. The van der Waals surface area contributed by atoms with Gasteiger partial charge < -0.3 is 10.3 Å². The van der Waals surface area contributed by atoms with Crippen LogP contribution in [-0.4, -0.2) is 10.9 Å². The van der Waals surface area contributed by atoms with E-state index < -0.39 is 0 Å². The van der Waals surface area contributed by atoms with Crippen molar-refractivity contribution in [2.45, 2.75) is 13.5 Å². The standard InChI is InChI=1S/C18H16N2O2/c1-12-9-15-10-13(7-8-16(15)20-17(12)21)11-19-18(22)14-5-3-2-4-6-14/h2-10H,11H2,1H3,(H,19,22)(H,20,21). The van der Waals surface area contributed by atoms with Gasteiger partial charge in [0.2, 0.25) is 0 Å². The Kier molecular flexibility index (Phi) is 3.74. The van der Waals surface area contributed by atoms with Crippen LogP contribution >= 0.6 is 0 Å². The van der Waals surface area contributed by atoms with Crippen LogP contribution in [0.2, 0.25) is 0 Å². The van der Waals surface area contributed by atoms with Gasteiger partial charge in [-0.3, -0.25) is 9.59 Å². The molecule has 0 aliphatic heterocycles. The second kappa shape index (κ2) is 5.85. The van der Waals surface area contributed by atoms with Crippen molar-refractivity contribution in [1.29, 1.82) is 0 Å². The lowest BCUT2D eigenvalue weighted by Crippen LogP contribution is -2.22. The molecule has 0 bridgehead atoms. The van der Waals surface area contributed by atoms with Crippen LogP contribution < -0.4 is 10.9 Å². The van der Waals surface area contributed by atoms with Gasteiger partial charge in [0.05, 0.1) is 0 Å². The fourth-order valence-corrected chi connectivity index (χ4v) is 2.35. The van der Waals surface area contributed by atoms with Crippen LogP contribution in [0, 0.1) is 6.92 Å². The molecule has 1 amide bonds. The van der Waals surface area contributed by atoms with Crippen molar-refractivity contribution in [3.05, 3.63) is 81.6 Å². The number of fused-ring (bicyclic) bond motifs is 1. The van der Waals surface area contributed by atoms with Gasteiger partial charge in [0, 0.05) is 23.2 Å². The number of benzene rings is 2. The van der Waals surface area contributed by atoms with Crippen LogP contribution in [0.5, 0.6) is 0 Å². The number of H-pyrrole nitrogens is 1. The molecule has 1 aromatic heterocycles. The van der Waals surface area contributed by atoms with E-state index in [-0.39, 0.29) is 11.5 Å². The molecule has 4 heteroatoms. The number of carbonyl (C=O) groups excluding carboxylic acids is 1. The molecule has 22 heavy (non-hydrogen) atoms. The summed E-state index contributed by atoms with van der Waals surface area (Å²) < 4.78 is 0. The highest BCUT2D eigenvalue weighted by atomic mass is 16.1. The van der Waals surface area contributed by atoms with Gasteiger partial charge in [-0.05, 0) is 48.2 Å². The van der Waals surface area contributed by atoms with E-state index in [4.69, 9.17) is 0 Å². The molecule has 0 spiro atoms. The Labute approximate surface area is 127 Å². The number of rotatable bonds is 3. The first-order chi connectivity index (χ1) is 10.6. The normalized spacial score (nSPS) is 10.6. The molecule has 0 saturated heterocycles. The third-order valence-corrected chi connectivity index (χ3v) is 3.58. The zero-order valence-corrected chi connectivity index (χ0v) is 12.2. The van der Waals surface area contributed by atoms with E-state index in [0.717, 1.165) is 16.5 Å². The molecule has 1 heterocycles. The fraction of sp³-hybridized carbons (Fsp3) is 0.111. The number of hydrogen-bond acceptors (Lipinski definition) is 2. The monoisotopic (exact) mass is 292 g/mol. The minimum atomic E-state index is -0.0988. The maximum Gasteiger partial charge on any atom is 0.251 e. The van der Waals surface area contributed by atoms with Gasteiger partial charge in [-0.15, -0.1) is 0 Å². The number of hydrogen-bond donors (Lipinski definition) is 2. The third kappa shape index (κ3) is 2.91. The summed E-state index contributed by atoms with van der Waals surface area (Å²) in [6.45, 7) is 2.23. The zero-order chi connectivity index (χ0) is 15.5. The first-order valence-electron chi connectivity index (χ1n) is 7.09. The number of amides is 1. The Morgan fingerprint density at radius 2 is 1.86 bits per heavy atom. The van der Waals surface area contributed by atoms with Crippen LogP contribution in [0.1, 0.15) is 21.5 Å². The minimum Gasteiger partial charge on any atom is -0.348 e. The Hall–Kier alpha value is -2.88. The summed E-state index contributed by atoms with van der Waals surface area (Å²) in [4.78, 5) is 26.4. The number of nitrogens with one attached hydrogen (secondary N) is 2. The summed E-state index contributed by atoms with van der Waals surface area (Å²) in [5.74, 6) is -0.0988. The molecule has 3 aromatic rings. The van der Waals surface area contributed by atoms with Crippen LogP contribution in [0.15, 0.2) is 59.4 Å². The van der Waals surface area contributed by atoms with Crippen molar-refractivity contribution < 1.29 is 4.79 Å². The molecule has 0 saturated carbocycles. The topological polar surface area (TPSA) is 62.0 Å². The molecule has 3 rings (SSSR count). The van der Waals surface area contributed by atoms with E-state index in [1.807, 2.05) is 42.5 Å². The number of aromatic amines is 1. The van der Waals surface area contributed by atoms with Gasteiger partial charge in [-0.2, -0.15) is 0 Å². The van der Waals surface area contributed by atoms with Crippen molar-refractivity contribution in [3.63, 3.8) is 0 Å². The summed E-state index contributed by atoms with van der Waals surface area (Å²) >= 11 is 0. The lowest BCUT2D eigenvalue weighted by molar-refractivity contribution is 0.0951. The number of carbonyl (C=O) groups is 1. The predicted molar refractivity (Wildman–Crippen MR) is 86.9 cm³/mol. The second-order valence-electron chi connectivity index (χ2n) is 5.25. The summed E-state index contributed by atoms with van der Waals surface area (Å²) in [5.41, 5.74) is 3.04. The molecule has 110 valence electrons. The largest absolute Gasteiger partial charge is 0.348 e. The van der Waals surface area contributed by atoms with Crippen LogP contribution in [0.3, 0.4) is 0 Å². The van der Waals surface area contributed by atoms with Crippen molar-refractivity contribution in [2.24, 2.45) is 0 Å². The Morgan fingerprint density at radius 1 is 1.09 bits per heavy atom. The van der Waals surface area contributed by atoms with Gasteiger partial charge in [0.25, 0.3) is 11.5 Å². The summed E-state index contributed by atoms with van der Waals surface area (Å²) in [6.07, 6.45) is 0. The molecule has 2 aromatic carbocycles. The van der Waals surface area contributed by atoms with Gasteiger partial charge in [0.15, 0.2) is 0 Å². The van der Waals surface area contributed by atoms with Crippen molar-refractivity contribution in [1.82, 2.24) is 10.3 Å². The van der Waals surface area contributed by atoms with Crippen molar-refractivity contribution in [2.75, 3.05) is 0 Å². The van der Waals surface area contributed by atoms with Crippen LogP contribution in [0.4, 0.5) is 0 Å². The SMILES string of the molecule is Cc1cc2cc(CNC(=O)c3ccccc3)ccc2[nH]c1=O. The van der Waals surface area contributed by atoms with Gasteiger partial charge >= 0.3 is 0 Å².